The van der Waals surface area contributed by atoms with Gasteiger partial charge in [0.05, 0.1) is 29.1 Å². The number of hydrogen-bond donors (Lipinski definition) is 1. The fourth-order valence-electron chi connectivity index (χ4n) is 3.95. The van der Waals surface area contributed by atoms with Crippen LogP contribution in [0.25, 0.3) is 0 Å². The van der Waals surface area contributed by atoms with Gasteiger partial charge in [-0.25, -0.2) is 8.42 Å². The maximum atomic E-state index is 12.9. The largest absolute Gasteiger partial charge is 0.379 e. The Kier molecular flexibility index (Phi) is 5.34. The van der Waals surface area contributed by atoms with Crippen LogP contribution in [0.2, 0.25) is 0 Å². The first-order valence-corrected chi connectivity index (χ1v) is 10.9. The van der Waals surface area contributed by atoms with E-state index < -0.39 is 26.8 Å². The SMILES string of the molecule is O=C1NC[C@H]2CN(c3ccc(S(=O)(=O)N4CCOCC4)cc3[N+](=O)[O-])CCN2C1=O. The van der Waals surface area contributed by atoms with Crippen LogP contribution >= 0.6 is 0 Å². The van der Waals surface area contributed by atoms with Crippen molar-refractivity contribution in [1.29, 1.82) is 0 Å². The molecule has 30 heavy (non-hydrogen) atoms. The summed E-state index contributed by atoms with van der Waals surface area (Å²) in [5, 5.41) is 14.2. The van der Waals surface area contributed by atoms with E-state index in [1.807, 2.05) is 0 Å². The molecule has 0 unspecified atom stereocenters. The third-order valence-corrected chi connectivity index (χ3v) is 7.42. The summed E-state index contributed by atoms with van der Waals surface area (Å²) in [6.45, 7) is 2.05. The van der Waals surface area contributed by atoms with Crippen molar-refractivity contribution in [2.75, 3.05) is 57.4 Å². The van der Waals surface area contributed by atoms with Gasteiger partial charge >= 0.3 is 11.8 Å². The minimum atomic E-state index is -3.87. The second-order valence-electron chi connectivity index (χ2n) is 7.23. The van der Waals surface area contributed by atoms with Crippen LogP contribution in [0, 0.1) is 10.1 Å². The Morgan fingerprint density at radius 2 is 1.87 bits per heavy atom. The third kappa shape index (κ3) is 3.59. The van der Waals surface area contributed by atoms with Gasteiger partial charge < -0.3 is 19.9 Å². The molecule has 1 aromatic rings. The molecule has 3 fully saturated rings. The number of carbonyl (C=O) groups excluding carboxylic acids is 2. The van der Waals surface area contributed by atoms with Crippen molar-refractivity contribution in [1.82, 2.24) is 14.5 Å². The summed E-state index contributed by atoms with van der Waals surface area (Å²) in [7, 11) is -3.87. The summed E-state index contributed by atoms with van der Waals surface area (Å²) >= 11 is 0. The topological polar surface area (TPSA) is 142 Å². The zero-order valence-electron chi connectivity index (χ0n) is 16.0. The summed E-state index contributed by atoms with van der Waals surface area (Å²) < 4.78 is 32.1. The molecule has 162 valence electrons. The first kappa shape index (κ1) is 20.5. The van der Waals surface area contributed by atoms with Crippen LogP contribution in [-0.2, 0) is 24.3 Å². The summed E-state index contributed by atoms with van der Waals surface area (Å²) in [5.74, 6) is -1.25. The number of rotatable bonds is 4. The van der Waals surface area contributed by atoms with E-state index in [9.17, 15) is 28.1 Å². The van der Waals surface area contributed by atoms with Crippen LogP contribution in [0.4, 0.5) is 11.4 Å². The molecule has 4 rings (SSSR count). The lowest BCUT2D eigenvalue weighted by atomic mass is 10.1. The highest BCUT2D eigenvalue weighted by atomic mass is 32.2. The van der Waals surface area contributed by atoms with Crippen molar-refractivity contribution >= 4 is 33.2 Å². The average molecular weight is 439 g/mol. The Morgan fingerprint density at radius 1 is 1.13 bits per heavy atom. The fourth-order valence-corrected chi connectivity index (χ4v) is 5.37. The summed E-state index contributed by atoms with van der Waals surface area (Å²) in [6.07, 6.45) is 0. The predicted molar refractivity (Wildman–Crippen MR) is 103 cm³/mol. The Morgan fingerprint density at radius 3 is 2.57 bits per heavy atom. The van der Waals surface area contributed by atoms with Gasteiger partial charge in [-0.3, -0.25) is 19.7 Å². The minimum absolute atomic E-state index is 0.140. The number of sulfonamides is 1. The lowest BCUT2D eigenvalue weighted by molar-refractivity contribution is -0.384. The molecule has 0 aromatic heterocycles. The maximum absolute atomic E-state index is 12.9. The number of nitro benzene ring substituents is 1. The van der Waals surface area contributed by atoms with E-state index in [2.05, 4.69) is 5.32 Å². The summed E-state index contributed by atoms with van der Waals surface area (Å²) in [5.41, 5.74) is -0.0334. The highest BCUT2D eigenvalue weighted by Crippen LogP contribution is 2.33. The number of anilines is 1. The molecule has 3 aliphatic heterocycles. The third-order valence-electron chi connectivity index (χ3n) is 5.53. The van der Waals surface area contributed by atoms with Gasteiger partial charge in [0.2, 0.25) is 10.0 Å². The maximum Gasteiger partial charge on any atom is 0.312 e. The monoisotopic (exact) mass is 439 g/mol. The highest BCUT2D eigenvalue weighted by Gasteiger charge is 2.39. The van der Waals surface area contributed by atoms with Crippen LogP contribution in [0.1, 0.15) is 0 Å². The lowest BCUT2D eigenvalue weighted by Gasteiger charge is -2.44. The molecule has 0 bridgehead atoms. The Balaban J connectivity index is 1.61. The second kappa shape index (κ2) is 7.81. The van der Waals surface area contributed by atoms with Gasteiger partial charge in [0.25, 0.3) is 5.69 Å². The average Bonchev–Trinajstić information content (AvgIpc) is 2.76. The Hall–Kier alpha value is -2.77. The quantitative estimate of drug-likeness (QED) is 0.349. The van der Waals surface area contributed by atoms with E-state index in [0.717, 1.165) is 6.07 Å². The van der Waals surface area contributed by atoms with Crippen molar-refractivity contribution in [3.8, 4) is 0 Å². The first-order chi connectivity index (χ1) is 14.3. The van der Waals surface area contributed by atoms with Crippen LogP contribution in [0.5, 0.6) is 0 Å². The van der Waals surface area contributed by atoms with Crippen LogP contribution < -0.4 is 10.2 Å². The number of benzene rings is 1. The molecular weight excluding hydrogens is 418 g/mol. The van der Waals surface area contributed by atoms with E-state index in [1.54, 1.807) is 4.90 Å². The number of amides is 2. The van der Waals surface area contributed by atoms with Gasteiger partial charge in [-0.2, -0.15) is 4.31 Å². The summed E-state index contributed by atoms with van der Waals surface area (Å²) in [6, 6.07) is 3.58. The Labute approximate surface area is 172 Å². The smallest absolute Gasteiger partial charge is 0.312 e. The predicted octanol–water partition coefficient (Wildman–Crippen LogP) is -1.24. The lowest BCUT2D eigenvalue weighted by Crippen LogP contribution is -2.65. The van der Waals surface area contributed by atoms with Crippen LogP contribution in [0.15, 0.2) is 23.1 Å². The number of nitrogens with zero attached hydrogens (tertiary/aromatic N) is 4. The zero-order valence-corrected chi connectivity index (χ0v) is 16.8. The van der Waals surface area contributed by atoms with Crippen LogP contribution in [0.3, 0.4) is 0 Å². The van der Waals surface area contributed by atoms with Gasteiger partial charge in [-0.15, -0.1) is 0 Å². The standard InChI is InChI=1S/C17H21N5O7S/c23-16-17(24)21-4-3-19(11-12(21)10-18-16)14-2-1-13(9-15(14)22(25)26)30(27,28)20-5-7-29-8-6-20/h1-2,9,12H,3-8,10-11H2,(H,18,23)/t12-/m0/s1. The molecule has 0 radical (unpaired) electrons. The van der Waals surface area contributed by atoms with E-state index in [1.165, 1.54) is 21.3 Å². The molecule has 3 heterocycles. The van der Waals surface area contributed by atoms with Gasteiger partial charge in [-0.1, -0.05) is 0 Å². The number of morpholine rings is 1. The van der Waals surface area contributed by atoms with Gasteiger partial charge in [0, 0.05) is 45.3 Å². The molecular formula is C17H21N5O7S. The van der Waals surface area contributed by atoms with Crippen LogP contribution in [-0.4, -0.2) is 92.9 Å². The number of carbonyl (C=O) groups is 2. The molecule has 0 aliphatic carbocycles. The molecule has 1 aromatic carbocycles. The van der Waals surface area contributed by atoms with Crippen molar-refractivity contribution in [2.45, 2.75) is 10.9 Å². The number of nitrogens with one attached hydrogen (secondary N) is 1. The van der Waals surface area contributed by atoms with E-state index >= 15 is 0 Å². The van der Waals surface area contributed by atoms with Crippen molar-refractivity contribution in [3.05, 3.63) is 28.3 Å². The molecule has 2 amide bonds. The first-order valence-electron chi connectivity index (χ1n) is 9.49. The van der Waals surface area contributed by atoms with Crippen molar-refractivity contribution in [3.63, 3.8) is 0 Å². The molecule has 3 saturated heterocycles. The molecule has 1 atom stereocenters. The van der Waals surface area contributed by atoms with Gasteiger partial charge in [0.1, 0.15) is 5.69 Å². The van der Waals surface area contributed by atoms with E-state index in [0.29, 0.717) is 13.1 Å². The number of ether oxygens (including phenoxy) is 1. The molecule has 12 nitrogen and oxygen atoms in total. The second-order valence-corrected chi connectivity index (χ2v) is 9.17. The molecule has 0 spiro atoms. The zero-order chi connectivity index (χ0) is 21.5. The highest BCUT2D eigenvalue weighted by molar-refractivity contribution is 7.89. The molecule has 3 aliphatic rings. The Bertz CT molecular complexity index is 992. The number of hydrogen-bond acceptors (Lipinski definition) is 8. The molecule has 1 N–H and O–H groups in total. The number of nitro groups is 1. The minimum Gasteiger partial charge on any atom is -0.379 e. The molecule has 0 saturated carbocycles. The normalized spacial score (nSPS) is 23.1. The van der Waals surface area contributed by atoms with Gasteiger partial charge in [-0.05, 0) is 12.1 Å². The van der Waals surface area contributed by atoms with E-state index in [-0.39, 0.29) is 61.7 Å². The summed E-state index contributed by atoms with van der Waals surface area (Å²) in [4.78, 5) is 37.7. The van der Waals surface area contributed by atoms with Crippen molar-refractivity contribution < 1.29 is 27.7 Å². The molecule has 13 heteroatoms. The number of fused-ring (bicyclic) bond motifs is 1. The van der Waals surface area contributed by atoms with E-state index in [4.69, 9.17) is 4.74 Å². The number of piperazine rings is 2. The fraction of sp³-hybridized carbons (Fsp3) is 0.529. The van der Waals surface area contributed by atoms with Gasteiger partial charge in [0.15, 0.2) is 0 Å². The van der Waals surface area contributed by atoms with Crippen molar-refractivity contribution in [2.24, 2.45) is 0 Å².